The Morgan fingerprint density at radius 1 is 1.04 bits per heavy atom. The minimum Gasteiger partial charge on any atom is -0.488 e. The summed E-state index contributed by atoms with van der Waals surface area (Å²) in [6.45, 7) is 0.493. The van der Waals surface area contributed by atoms with Crippen LogP contribution in [0.3, 0.4) is 0 Å². The van der Waals surface area contributed by atoms with Gasteiger partial charge in [0.05, 0.1) is 9.89 Å². The van der Waals surface area contributed by atoms with Gasteiger partial charge >= 0.3 is 5.97 Å². The van der Waals surface area contributed by atoms with Crippen LogP contribution < -0.4 is 4.74 Å². The number of carboxylic acid groups (broad SMARTS) is 1. The summed E-state index contributed by atoms with van der Waals surface area (Å²) in [5, 5.41) is 9.79. The molecule has 0 saturated heterocycles. The largest absolute Gasteiger partial charge is 0.488 e. The van der Waals surface area contributed by atoms with E-state index in [-0.39, 0.29) is 0 Å². The van der Waals surface area contributed by atoms with Gasteiger partial charge in [0.2, 0.25) is 0 Å². The fourth-order valence-electron chi connectivity index (χ4n) is 3.59. The SMILES string of the molecule is O=C(O)C1(Cc2ccc(Br)c(OCc3ccccc3)c2)CCCCC1. The van der Waals surface area contributed by atoms with Crippen molar-refractivity contribution in [2.45, 2.75) is 45.1 Å². The molecule has 1 N–H and O–H groups in total. The summed E-state index contributed by atoms with van der Waals surface area (Å²) in [6.07, 6.45) is 5.23. The van der Waals surface area contributed by atoms with Crippen molar-refractivity contribution in [3.8, 4) is 5.75 Å². The Balaban J connectivity index is 1.75. The Kier molecular flexibility index (Phi) is 5.79. The van der Waals surface area contributed by atoms with Gasteiger partial charge in [0, 0.05) is 0 Å². The van der Waals surface area contributed by atoms with E-state index in [0.717, 1.165) is 53.5 Å². The maximum atomic E-state index is 11.9. The van der Waals surface area contributed by atoms with Gasteiger partial charge in [-0.25, -0.2) is 0 Å². The molecular weight excluding hydrogens is 380 g/mol. The van der Waals surface area contributed by atoms with E-state index in [9.17, 15) is 9.90 Å². The lowest BCUT2D eigenvalue weighted by Crippen LogP contribution is -2.35. The fourth-order valence-corrected chi connectivity index (χ4v) is 3.95. The van der Waals surface area contributed by atoms with Gasteiger partial charge in [0.25, 0.3) is 0 Å². The lowest BCUT2D eigenvalue weighted by molar-refractivity contribution is -0.151. The second-order valence-corrected chi connectivity index (χ2v) is 7.72. The molecule has 132 valence electrons. The van der Waals surface area contributed by atoms with Crippen LogP contribution in [-0.2, 0) is 17.8 Å². The molecule has 0 aliphatic heterocycles. The first-order valence-electron chi connectivity index (χ1n) is 8.78. The van der Waals surface area contributed by atoms with Gasteiger partial charge < -0.3 is 9.84 Å². The third kappa shape index (κ3) is 4.43. The van der Waals surface area contributed by atoms with E-state index in [1.165, 1.54) is 0 Å². The predicted octanol–water partition coefficient (Wildman–Crippen LogP) is 5.61. The van der Waals surface area contributed by atoms with Crippen molar-refractivity contribution >= 4 is 21.9 Å². The normalized spacial score (nSPS) is 16.4. The molecule has 0 spiro atoms. The number of ether oxygens (including phenoxy) is 1. The quantitative estimate of drug-likeness (QED) is 0.683. The molecule has 1 aliphatic rings. The van der Waals surface area contributed by atoms with E-state index in [1.54, 1.807) is 0 Å². The fraction of sp³-hybridized carbons (Fsp3) is 0.381. The monoisotopic (exact) mass is 402 g/mol. The van der Waals surface area contributed by atoms with Crippen LogP contribution in [0.5, 0.6) is 5.75 Å². The predicted molar refractivity (Wildman–Crippen MR) is 102 cm³/mol. The van der Waals surface area contributed by atoms with Gasteiger partial charge in [-0.15, -0.1) is 0 Å². The van der Waals surface area contributed by atoms with Gasteiger partial charge in [-0.2, -0.15) is 0 Å². The van der Waals surface area contributed by atoms with E-state index >= 15 is 0 Å². The van der Waals surface area contributed by atoms with Crippen LogP contribution in [0.15, 0.2) is 53.0 Å². The number of halogens is 1. The molecule has 0 aromatic heterocycles. The Labute approximate surface area is 157 Å². The zero-order valence-corrected chi connectivity index (χ0v) is 15.8. The summed E-state index contributed by atoms with van der Waals surface area (Å²) in [5.41, 5.74) is 1.51. The summed E-state index contributed by atoms with van der Waals surface area (Å²) in [7, 11) is 0. The zero-order chi connectivity index (χ0) is 17.7. The number of carbonyl (C=O) groups is 1. The number of carboxylic acids is 1. The van der Waals surface area contributed by atoms with E-state index in [0.29, 0.717) is 13.0 Å². The van der Waals surface area contributed by atoms with Crippen molar-refractivity contribution in [1.82, 2.24) is 0 Å². The Hall–Kier alpha value is -1.81. The smallest absolute Gasteiger partial charge is 0.309 e. The summed E-state index contributed by atoms with van der Waals surface area (Å²) >= 11 is 3.53. The van der Waals surface area contributed by atoms with Crippen molar-refractivity contribution < 1.29 is 14.6 Å². The van der Waals surface area contributed by atoms with Crippen molar-refractivity contribution in [2.24, 2.45) is 5.41 Å². The van der Waals surface area contributed by atoms with Crippen LogP contribution in [0, 0.1) is 5.41 Å². The summed E-state index contributed by atoms with van der Waals surface area (Å²) in [5.74, 6) is 0.0968. The highest BCUT2D eigenvalue weighted by Crippen LogP contribution is 2.40. The molecule has 4 heteroatoms. The molecule has 3 rings (SSSR count). The topological polar surface area (TPSA) is 46.5 Å². The van der Waals surface area contributed by atoms with E-state index in [4.69, 9.17) is 4.74 Å². The third-order valence-electron chi connectivity index (χ3n) is 5.04. The van der Waals surface area contributed by atoms with Crippen LogP contribution in [0.25, 0.3) is 0 Å². The van der Waals surface area contributed by atoms with E-state index in [2.05, 4.69) is 15.9 Å². The maximum absolute atomic E-state index is 11.9. The summed E-state index contributed by atoms with van der Waals surface area (Å²) < 4.78 is 6.84. The molecular formula is C21H23BrO3. The second-order valence-electron chi connectivity index (χ2n) is 6.86. The molecule has 3 nitrogen and oxygen atoms in total. The lowest BCUT2D eigenvalue weighted by atomic mass is 9.70. The van der Waals surface area contributed by atoms with Crippen LogP contribution >= 0.6 is 15.9 Å². The molecule has 2 aromatic carbocycles. The minimum atomic E-state index is -0.665. The highest BCUT2D eigenvalue weighted by Gasteiger charge is 2.39. The first-order chi connectivity index (χ1) is 12.1. The number of hydrogen-bond donors (Lipinski definition) is 1. The van der Waals surface area contributed by atoms with Crippen LogP contribution in [0.2, 0.25) is 0 Å². The molecule has 1 aliphatic carbocycles. The van der Waals surface area contributed by atoms with Crippen molar-refractivity contribution in [2.75, 3.05) is 0 Å². The van der Waals surface area contributed by atoms with Gasteiger partial charge in [0.15, 0.2) is 0 Å². The van der Waals surface area contributed by atoms with Gasteiger partial charge in [-0.05, 0) is 58.5 Å². The molecule has 0 amide bonds. The minimum absolute atomic E-state index is 0.493. The highest BCUT2D eigenvalue weighted by atomic mass is 79.9. The molecule has 0 bridgehead atoms. The molecule has 0 heterocycles. The zero-order valence-electron chi connectivity index (χ0n) is 14.2. The summed E-state index contributed by atoms with van der Waals surface area (Å²) in [6, 6.07) is 15.9. The Morgan fingerprint density at radius 3 is 2.44 bits per heavy atom. The van der Waals surface area contributed by atoms with Crippen molar-refractivity contribution in [3.05, 3.63) is 64.1 Å². The molecule has 0 radical (unpaired) electrons. The number of benzene rings is 2. The van der Waals surface area contributed by atoms with Gasteiger partial charge in [-0.1, -0.05) is 55.7 Å². The van der Waals surface area contributed by atoms with Gasteiger partial charge in [-0.3, -0.25) is 4.79 Å². The standard InChI is InChI=1S/C21H23BrO3/c22-18-10-9-17(14-21(20(23)24)11-5-2-6-12-21)13-19(18)25-15-16-7-3-1-4-8-16/h1,3-4,7-10,13H,2,5-6,11-12,14-15H2,(H,23,24). The van der Waals surface area contributed by atoms with E-state index < -0.39 is 11.4 Å². The molecule has 0 atom stereocenters. The van der Waals surface area contributed by atoms with Gasteiger partial charge in [0.1, 0.15) is 12.4 Å². The lowest BCUT2D eigenvalue weighted by Gasteiger charge is -2.33. The number of hydrogen-bond acceptors (Lipinski definition) is 2. The molecule has 0 unspecified atom stereocenters. The Morgan fingerprint density at radius 2 is 1.76 bits per heavy atom. The maximum Gasteiger partial charge on any atom is 0.309 e. The first-order valence-corrected chi connectivity index (χ1v) is 9.57. The number of rotatable bonds is 6. The third-order valence-corrected chi connectivity index (χ3v) is 5.69. The molecule has 25 heavy (non-hydrogen) atoms. The highest BCUT2D eigenvalue weighted by molar-refractivity contribution is 9.10. The summed E-state index contributed by atoms with van der Waals surface area (Å²) in [4.78, 5) is 11.9. The van der Waals surface area contributed by atoms with Crippen LogP contribution in [0.4, 0.5) is 0 Å². The average Bonchev–Trinajstić information content (AvgIpc) is 2.64. The molecule has 1 fully saturated rings. The second kappa shape index (κ2) is 8.05. The molecule has 2 aromatic rings. The first kappa shape index (κ1) is 18.0. The van der Waals surface area contributed by atoms with Crippen LogP contribution in [0.1, 0.15) is 43.2 Å². The number of aliphatic carboxylic acids is 1. The van der Waals surface area contributed by atoms with Crippen LogP contribution in [-0.4, -0.2) is 11.1 Å². The van der Waals surface area contributed by atoms with Crippen molar-refractivity contribution in [3.63, 3.8) is 0 Å². The average molecular weight is 403 g/mol. The van der Waals surface area contributed by atoms with E-state index in [1.807, 2.05) is 48.5 Å². The van der Waals surface area contributed by atoms with Crippen molar-refractivity contribution in [1.29, 1.82) is 0 Å². The Bertz CT molecular complexity index is 721. The molecule has 1 saturated carbocycles.